The number of hydrogen-bond acceptors (Lipinski definition) is 3. The van der Waals surface area contributed by atoms with Gasteiger partial charge in [0.25, 0.3) is 0 Å². The Morgan fingerprint density at radius 3 is 2.83 bits per heavy atom. The number of halogens is 1. The molecule has 1 aliphatic carbocycles. The average molecular weight is 363 g/mol. The summed E-state index contributed by atoms with van der Waals surface area (Å²) in [6.45, 7) is 0.282. The van der Waals surface area contributed by atoms with Gasteiger partial charge in [-0.2, -0.15) is 0 Å². The first kappa shape index (κ1) is 13.6. The van der Waals surface area contributed by atoms with E-state index in [0.717, 1.165) is 22.2 Å². The van der Waals surface area contributed by atoms with Crippen molar-refractivity contribution in [3.63, 3.8) is 0 Å². The second-order valence-corrected chi connectivity index (χ2v) is 5.72. The summed E-state index contributed by atoms with van der Waals surface area (Å²) in [5, 5.41) is 0. The second kappa shape index (κ2) is 5.90. The molecule has 0 saturated heterocycles. The topological polar surface area (TPSA) is 47.4 Å². The Hall–Kier alpha value is -0.790. The minimum absolute atomic E-state index is 0.237. The minimum atomic E-state index is -0.237. The fourth-order valence-electron chi connectivity index (χ4n) is 2.26. The highest BCUT2D eigenvalue weighted by molar-refractivity contribution is 14.1. The van der Waals surface area contributed by atoms with Crippen LogP contribution in [0.15, 0.2) is 6.33 Å². The fourth-order valence-corrected chi connectivity index (χ4v) is 2.92. The lowest BCUT2D eigenvalue weighted by Crippen LogP contribution is -2.35. The molecule has 100 valence electrons. The number of nitrogens with zero attached hydrogens (tertiary/aromatic N) is 3. The summed E-state index contributed by atoms with van der Waals surface area (Å²) in [5.74, 6) is 0. The first-order valence-corrected chi connectivity index (χ1v) is 7.22. The van der Waals surface area contributed by atoms with Gasteiger partial charge in [0, 0.05) is 20.1 Å². The molecule has 6 heteroatoms. The third kappa shape index (κ3) is 2.96. The van der Waals surface area contributed by atoms with Gasteiger partial charge in [-0.15, -0.1) is 0 Å². The smallest absolute Gasteiger partial charge is 0.410 e. The quantitative estimate of drug-likeness (QED) is 0.776. The van der Waals surface area contributed by atoms with Gasteiger partial charge in [-0.3, -0.25) is 0 Å². The summed E-state index contributed by atoms with van der Waals surface area (Å²) in [5.41, 5.74) is 0.934. The van der Waals surface area contributed by atoms with Crippen molar-refractivity contribution < 1.29 is 9.53 Å². The highest BCUT2D eigenvalue weighted by atomic mass is 127. The first-order valence-electron chi connectivity index (χ1n) is 6.15. The molecule has 1 aliphatic rings. The molecule has 0 N–H and O–H groups in total. The number of rotatable bonds is 3. The average Bonchev–Trinajstić information content (AvgIpc) is 2.97. The van der Waals surface area contributed by atoms with Gasteiger partial charge in [0.2, 0.25) is 0 Å². The lowest BCUT2D eigenvalue weighted by Gasteiger charge is -2.23. The van der Waals surface area contributed by atoms with Crippen molar-refractivity contribution in [2.45, 2.75) is 38.3 Å². The largest absolute Gasteiger partial charge is 0.443 e. The molecule has 2 rings (SSSR count). The molecule has 1 aromatic heterocycles. The molecule has 0 aromatic carbocycles. The molecule has 0 atom stereocenters. The van der Waals surface area contributed by atoms with Crippen LogP contribution >= 0.6 is 22.6 Å². The van der Waals surface area contributed by atoms with Crippen molar-refractivity contribution in [2.75, 3.05) is 7.05 Å². The number of ether oxygens (including phenoxy) is 1. The fraction of sp³-hybridized carbons (Fsp3) is 0.667. The Bertz CT molecular complexity index is 407. The predicted octanol–water partition coefficient (Wildman–Crippen LogP) is 2.54. The van der Waals surface area contributed by atoms with Crippen LogP contribution in [0.25, 0.3) is 0 Å². The summed E-state index contributed by atoms with van der Waals surface area (Å²) in [4.78, 5) is 17.8. The summed E-state index contributed by atoms with van der Waals surface area (Å²) in [6.07, 6.45) is 6.10. The van der Waals surface area contributed by atoms with E-state index >= 15 is 0 Å². The number of hydrogen-bond donors (Lipinski definition) is 0. The molecule has 0 bridgehead atoms. The van der Waals surface area contributed by atoms with Crippen molar-refractivity contribution in [2.24, 2.45) is 7.05 Å². The maximum absolute atomic E-state index is 11.9. The lowest BCUT2D eigenvalue weighted by molar-refractivity contribution is 0.0898. The molecule has 1 amide bonds. The van der Waals surface area contributed by atoms with Crippen LogP contribution < -0.4 is 0 Å². The zero-order valence-corrected chi connectivity index (χ0v) is 12.9. The zero-order valence-electron chi connectivity index (χ0n) is 10.7. The Kier molecular flexibility index (Phi) is 4.47. The first-order chi connectivity index (χ1) is 8.59. The maximum Gasteiger partial charge on any atom is 0.410 e. The number of aryl methyl sites for hydroxylation is 1. The van der Waals surface area contributed by atoms with Crippen LogP contribution in [-0.4, -0.2) is 33.6 Å². The molecule has 0 unspecified atom stereocenters. The van der Waals surface area contributed by atoms with Crippen molar-refractivity contribution in [1.82, 2.24) is 14.5 Å². The number of imidazole rings is 1. The Morgan fingerprint density at radius 2 is 2.28 bits per heavy atom. The predicted molar refractivity (Wildman–Crippen MR) is 76.1 cm³/mol. The highest BCUT2D eigenvalue weighted by Gasteiger charge is 2.24. The molecular weight excluding hydrogens is 345 g/mol. The van der Waals surface area contributed by atoms with E-state index in [0.29, 0.717) is 6.04 Å². The third-order valence-electron chi connectivity index (χ3n) is 3.50. The summed E-state index contributed by atoms with van der Waals surface area (Å²) in [7, 11) is 3.73. The summed E-state index contributed by atoms with van der Waals surface area (Å²) >= 11 is 2.15. The van der Waals surface area contributed by atoms with E-state index in [1.165, 1.54) is 12.8 Å². The molecule has 18 heavy (non-hydrogen) atoms. The van der Waals surface area contributed by atoms with Gasteiger partial charge in [0.15, 0.2) is 0 Å². The zero-order chi connectivity index (χ0) is 13.1. The number of carbonyl (C=O) groups excluding carboxylic acids is 1. The van der Waals surface area contributed by atoms with Crippen LogP contribution in [0, 0.1) is 3.70 Å². The van der Waals surface area contributed by atoms with Crippen LogP contribution in [0.5, 0.6) is 0 Å². The van der Waals surface area contributed by atoms with E-state index in [2.05, 4.69) is 27.6 Å². The molecule has 1 fully saturated rings. The molecular formula is C12H18IN3O2. The van der Waals surface area contributed by atoms with Crippen LogP contribution in [-0.2, 0) is 18.4 Å². The monoisotopic (exact) mass is 363 g/mol. The van der Waals surface area contributed by atoms with Gasteiger partial charge in [0.05, 0.1) is 12.0 Å². The van der Waals surface area contributed by atoms with Gasteiger partial charge < -0.3 is 14.2 Å². The van der Waals surface area contributed by atoms with E-state index in [9.17, 15) is 4.79 Å². The molecule has 1 saturated carbocycles. The van der Waals surface area contributed by atoms with Gasteiger partial charge in [-0.25, -0.2) is 9.78 Å². The summed E-state index contributed by atoms with van der Waals surface area (Å²) < 4.78 is 8.10. The number of amides is 1. The van der Waals surface area contributed by atoms with Crippen molar-refractivity contribution in [3.8, 4) is 0 Å². The highest BCUT2D eigenvalue weighted by Crippen LogP contribution is 2.23. The van der Waals surface area contributed by atoms with E-state index in [-0.39, 0.29) is 12.7 Å². The number of carbonyl (C=O) groups is 1. The van der Waals surface area contributed by atoms with E-state index < -0.39 is 0 Å². The Balaban J connectivity index is 1.88. The van der Waals surface area contributed by atoms with Gasteiger partial charge in [-0.1, -0.05) is 12.8 Å². The van der Waals surface area contributed by atoms with Gasteiger partial charge >= 0.3 is 6.09 Å². The van der Waals surface area contributed by atoms with Crippen LogP contribution in [0.1, 0.15) is 31.4 Å². The molecule has 1 aromatic rings. The maximum atomic E-state index is 11.9. The lowest BCUT2D eigenvalue weighted by atomic mass is 10.2. The molecule has 5 nitrogen and oxygen atoms in total. The van der Waals surface area contributed by atoms with Gasteiger partial charge in [-0.05, 0) is 35.4 Å². The third-order valence-corrected chi connectivity index (χ3v) is 4.40. The van der Waals surface area contributed by atoms with Crippen LogP contribution in [0.3, 0.4) is 0 Å². The Morgan fingerprint density at radius 1 is 1.61 bits per heavy atom. The summed E-state index contributed by atoms with van der Waals surface area (Å²) in [6, 6.07) is 0.350. The normalized spacial score (nSPS) is 15.9. The standard InChI is InChI=1S/C12H18IN3O2/c1-15-8-14-11(13)10(15)7-18-12(17)16(2)9-5-3-4-6-9/h8-9H,3-7H2,1-2H3. The molecule has 1 heterocycles. The van der Waals surface area contributed by atoms with Crippen molar-refractivity contribution in [1.29, 1.82) is 0 Å². The SMILES string of the molecule is CN(C(=O)OCc1c(I)ncn1C)C1CCCC1. The van der Waals surface area contributed by atoms with Crippen LogP contribution in [0.4, 0.5) is 4.79 Å². The van der Waals surface area contributed by atoms with Crippen molar-refractivity contribution >= 4 is 28.7 Å². The molecule has 0 aliphatic heterocycles. The van der Waals surface area contributed by atoms with E-state index in [1.807, 2.05) is 18.7 Å². The Labute approximate surface area is 121 Å². The van der Waals surface area contributed by atoms with E-state index in [4.69, 9.17) is 4.74 Å². The van der Waals surface area contributed by atoms with Gasteiger partial charge in [0.1, 0.15) is 10.3 Å². The van der Waals surface area contributed by atoms with Crippen LogP contribution in [0.2, 0.25) is 0 Å². The molecule has 0 spiro atoms. The number of aromatic nitrogens is 2. The minimum Gasteiger partial charge on any atom is -0.443 e. The van der Waals surface area contributed by atoms with E-state index in [1.54, 1.807) is 11.2 Å². The second-order valence-electron chi connectivity index (χ2n) is 4.70. The molecule has 0 radical (unpaired) electrons. The van der Waals surface area contributed by atoms with Crippen molar-refractivity contribution in [3.05, 3.63) is 15.7 Å².